The minimum atomic E-state index is -2.77. The van der Waals surface area contributed by atoms with E-state index in [1.807, 2.05) is 0 Å². The minimum absolute atomic E-state index is 0.175. The number of aliphatic carboxylic acids is 6. The number of hydrogen-bond donors (Lipinski definition) is 10. The Kier molecular flexibility index (Phi) is 29.1. The SMILES string of the molecule is CCC(C(=O)O)C(O)(CC(=O)O)C(=O)O.CCC(C(=O)O)C(O)(CC(=O)O)C(=O)O.CCO.CCO.[O]=[Ti]. The summed E-state index contributed by atoms with van der Waals surface area (Å²) in [6.07, 6.45) is -2.64. The number of carboxylic acids is 6. The van der Waals surface area contributed by atoms with Crippen LogP contribution in [0.1, 0.15) is 53.4 Å². The molecule has 17 nitrogen and oxygen atoms in total. The molecule has 0 bridgehead atoms. The number of aliphatic hydroxyl groups is 4. The van der Waals surface area contributed by atoms with Gasteiger partial charge in [0.1, 0.15) is 0 Å². The van der Waals surface area contributed by atoms with Gasteiger partial charge in [0.05, 0.1) is 24.7 Å². The summed E-state index contributed by atoms with van der Waals surface area (Å²) in [5.41, 5.74) is -5.54. The van der Waals surface area contributed by atoms with Crippen molar-refractivity contribution in [3.8, 4) is 0 Å². The second-order valence-electron chi connectivity index (χ2n) is 6.83. The van der Waals surface area contributed by atoms with E-state index in [1.165, 1.54) is 13.8 Å². The second-order valence-corrected chi connectivity index (χ2v) is 6.83. The zero-order valence-corrected chi connectivity index (χ0v) is 22.8. The topological polar surface area (TPSA) is 322 Å². The van der Waals surface area contributed by atoms with Gasteiger partial charge < -0.3 is 51.1 Å². The molecule has 0 heterocycles. The molecule has 0 radical (unpaired) electrons. The predicted octanol–water partition coefficient (Wildman–Crippen LogP) is -1.35. The molecule has 0 aromatic heterocycles. The van der Waals surface area contributed by atoms with E-state index in [4.69, 9.17) is 44.2 Å². The molecule has 4 atom stereocenters. The molecule has 0 fully saturated rings. The van der Waals surface area contributed by atoms with Gasteiger partial charge in [-0.2, -0.15) is 0 Å². The first kappa shape index (κ1) is 45.1. The third-order valence-corrected chi connectivity index (χ3v) is 4.15. The number of carboxylic acid groups (broad SMARTS) is 6. The summed E-state index contributed by atoms with van der Waals surface area (Å²) in [6.45, 7) is 6.57. The molecule has 222 valence electrons. The standard InChI is InChI=1S/2C8H12O7.2C2H6O.O.Ti/c2*1-2-4(6(11)12)8(15,7(13)14)3-5(9)10;2*1-2-3;;/h2*4,15H,2-3H2,1H3,(H,9,10)(H,11,12)(H,13,14);2*3H,2H2,1H3;;. The van der Waals surface area contributed by atoms with Crippen molar-refractivity contribution in [2.24, 2.45) is 11.8 Å². The van der Waals surface area contributed by atoms with Crippen LogP contribution in [0.2, 0.25) is 0 Å². The Morgan fingerprint density at radius 1 is 0.579 bits per heavy atom. The van der Waals surface area contributed by atoms with Crippen LogP contribution in [0.15, 0.2) is 0 Å². The van der Waals surface area contributed by atoms with E-state index in [0.29, 0.717) is 0 Å². The van der Waals surface area contributed by atoms with Gasteiger partial charge in [0.2, 0.25) is 0 Å². The van der Waals surface area contributed by atoms with Gasteiger partial charge in [-0.15, -0.1) is 0 Å². The Labute approximate surface area is 229 Å². The van der Waals surface area contributed by atoms with Gasteiger partial charge in [0.25, 0.3) is 0 Å². The van der Waals surface area contributed by atoms with E-state index in [2.05, 4.69) is 0 Å². The Hall–Kier alpha value is -2.83. The third-order valence-electron chi connectivity index (χ3n) is 4.15. The maximum absolute atomic E-state index is 10.7. The predicted molar refractivity (Wildman–Crippen MR) is 119 cm³/mol. The average molecular weight is 596 g/mol. The van der Waals surface area contributed by atoms with Crippen molar-refractivity contribution in [2.75, 3.05) is 13.2 Å². The van der Waals surface area contributed by atoms with Crippen molar-refractivity contribution in [2.45, 2.75) is 64.6 Å². The number of rotatable bonds is 12. The van der Waals surface area contributed by atoms with Crippen molar-refractivity contribution < 1.29 is 104 Å². The van der Waals surface area contributed by atoms with Crippen LogP contribution in [0.3, 0.4) is 0 Å². The van der Waals surface area contributed by atoms with Crippen LogP contribution in [-0.4, -0.2) is 111 Å². The fraction of sp³-hybridized carbons (Fsp3) is 0.700. The average Bonchev–Trinajstić information content (AvgIpc) is 2.75. The monoisotopic (exact) mass is 596 g/mol. The summed E-state index contributed by atoms with van der Waals surface area (Å²) < 4.78 is 8.25. The summed E-state index contributed by atoms with van der Waals surface area (Å²) in [5.74, 6) is -13.2. The van der Waals surface area contributed by atoms with Gasteiger partial charge >= 0.3 is 59.5 Å². The molecular weight excluding hydrogens is 560 g/mol. The molecule has 18 heteroatoms. The van der Waals surface area contributed by atoms with Gasteiger partial charge in [-0.3, -0.25) is 19.2 Å². The van der Waals surface area contributed by atoms with E-state index in [0.717, 1.165) is 20.4 Å². The number of aliphatic hydroxyl groups excluding tert-OH is 2. The Bertz CT molecular complexity index is 683. The van der Waals surface area contributed by atoms with Crippen molar-refractivity contribution in [3.05, 3.63) is 0 Å². The van der Waals surface area contributed by atoms with E-state index in [-0.39, 0.29) is 26.1 Å². The first-order valence-corrected chi connectivity index (χ1v) is 11.2. The van der Waals surface area contributed by atoms with Crippen molar-refractivity contribution in [1.29, 1.82) is 0 Å². The van der Waals surface area contributed by atoms with E-state index >= 15 is 0 Å². The van der Waals surface area contributed by atoms with Gasteiger partial charge in [-0.05, 0) is 26.7 Å². The molecule has 4 unspecified atom stereocenters. The summed E-state index contributed by atoms with van der Waals surface area (Å²) in [6, 6.07) is 0. The zero-order valence-electron chi connectivity index (χ0n) is 21.2. The van der Waals surface area contributed by atoms with Crippen molar-refractivity contribution in [3.63, 3.8) is 0 Å². The van der Waals surface area contributed by atoms with Crippen LogP contribution in [0.4, 0.5) is 0 Å². The fourth-order valence-electron chi connectivity index (χ4n) is 2.59. The molecule has 0 aliphatic carbocycles. The molecular formula is C20H36O17Ti. The van der Waals surface area contributed by atoms with Crippen LogP contribution < -0.4 is 0 Å². The molecule has 0 aromatic carbocycles. The van der Waals surface area contributed by atoms with Crippen LogP contribution in [0, 0.1) is 11.8 Å². The molecule has 0 saturated heterocycles. The molecule has 0 spiro atoms. The van der Waals surface area contributed by atoms with Crippen LogP contribution in [0.25, 0.3) is 0 Å². The van der Waals surface area contributed by atoms with Crippen molar-refractivity contribution >= 4 is 35.8 Å². The quantitative estimate of drug-likeness (QED) is 0.116. The molecule has 38 heavy (non-hydrogen) atoms. The van der Waals surface area contributed by atoms with Gasteiger partial charge in [0.15, 0.2) is 11.2 Å². The fourth-order valence-corrected chi connectivity index (χ4v) is 2.59. The maximum atomic E-state index is 10.7. The van der Waals surface area contributed by atoms with Crippen LogP contribution >= 0.6 is 0 Å². The normalized spacial score (nSPS) is 14.0. The van der Waals surface area contributed by atoms with E-state index in [9.17, 15) is 39.0 Å². The van der Waals surface area contributed by atoms with Crippen molar-refractivity contribution in [1.82, 2.24) is 0 Å². The van der Waals surface area contributed by atoms with Gasteiger partial charge in [-0.25, -0.2) is 9.59 Å². The van der Waals surface area contributed by atoms with E-state index < -0.39 is 71.7 Å². The number of carbonyl (C=O) groups is 6. The second kappa shape index (κ2) is 24.5. The van der Waals surface area contributed by atoms with Crippen LogP contribution in [0.5, 0.6) is 0 Å². The molecule has 10 N–H and O–H groups in total. The summed E-state index contributed by atoms with van der Waals surface area (Å²) >= 11 is 0.750. The van der Waals surface area contributed by atoms with Gasteiger partial charge in [0, 0.05) is 13.2 Å². The van der Waals surface area contributed by atoms with Crippen LogP contribution in [-0.2, 0) is 52.5 Å². The molecule has 0 saturated carbocycles. The Morgan fingerprint density at radius 2 is 0.763 bits per heavy atom. The molecule has 0 aliphatic heterocycles. The van der Waals surface area contributed by atoms with E-state index in [1.54, 1.807) is 13.8 Å². The number of hydrogen-bond acceptors (Lipinski definition) is 11. The Morgan fingerprint density at radius 3 is 0.842 bits per heavy atom. The third kappa shape index (κ3) is 18.4. The zero-order chi connectivity index (χ0) is 31.9. The molecule has 0 aliphatic rings. The molecule has 0 amide bonds. The summed E-state index contributed by atoms with van der Waals surface area (Å²) in [7, 11) is 0. The van der Waals surface area contributed by atoms with Gasteiger partial charge in [-0.1, -0.05) is 13.8 Å². The molecule has 0 rings (SSSR count). The summed E-state index contributed by atoms with van der Waals surface area (Å²) in [4.78, 5) is 63.4. The molecule has 0 aromatic rings. The first-order chi connectivity index (χ1) is 17.3. The Balaban J connectivity index is -0.000000150. The first-order valence-electron chi connectivity index (χ1n) is 10.6. The summed E-state index contributed by atoms with van der Waals surface area (Å²) in [5, 5.41) is 85.6.